The molecule has 0 N–H and O–H groups in total. The molecule has 0 aliphatic carbocycles. The first-order chi connectivity index (χ1) is 20.9. The molecule has 0 unspecified atom stereocenters. The number of nitrogens with zero attached hydrogens (tertiary/aromatic N) is 2. The van der Waals surface area contributed by atoms with Gasteiger partial charge in [-0.1, -0.05) is 105 Å². The number of para-hydroxylation sites is 1. The smallest absolute Gasteiger partial charge is 0.0462 e. The average Bonchev–Trinajstić information content (AvgIpc) is 3.03. The standard InChI is InChI=1S/C20H18BrN.C20H19N/c1-15-3-9-18(10-4-15)22(19-11-5-16(2)6-12-19)20-13-7-17(21)8-14-20;1-16-8-12-19(13-9-16)21(18-6-4-3-5-7-18)20-14-10-17(2)11-15-20/h3-14H,1-2H3;3-15H,1-2H3. The van der Waals surface area contributed by atoms with Crippen molar-refractivity contribution in [2.45, 2.75) is 27.7 Å². The Labute approximate surface area is 265 Å². The van der Waals surface area contributed by atoms with Crippen LogP contribution in [-0.4, -0.2) is 0 Å². The zero-order chi connectivity index (χ0) is 30.2. The summed E-state index contributed by atoms with van der Waals surface area (Å²) in [6, 6.07) is 53.4. The van der Waals surface area contributed by atoms with E-state index in [2.05, 4.69) is 199 Å². The molecule has 0 amide bonds. The second-order valence-corrected chi connectivity index (χ2v) is 11.7. The second kappa shape index (κ2) is 14.0. The van der Waals surface area contributed by atoms with E-state index in [1.54, 1.807) is 0 Å². The number of hydrogen-bond acceptors (Lipinski definition) is 2. The fourth-order valence-corrected chi connectivity index (χ4v) is 5.10. The Hall–Kier alpha value is -4.60. The summed E-state index contributed by atoms with van der Waals surface area (Å²) in [5, 5.41) is 0. The lowest BCUT2D eigenvalue weighted by atomic mass is 10.1. The van der Waals surface area contributed by atoms with E-state index in [0.717, 1.165) is 21.5 Å². The Bertz CT molecular complexity index is 1550. The van der Waals surface area contributed by atoms with E-state index >= 15 is 0 Å². The fourth-order valence-electron chi connectivity index (χ4n) is 4.84. The van der Waals surface area contributed by atoms with Crippen LogP contribution in [0.25, 0.3) is 0 Å². The van der Waals surface area contributed by atoms with E-state index < -0.39 is 0 Å². The zero-order valence-corrected chi connectivity index (χ0v) is 26.8. The minimum absolute atomic E-state index is 1.09. The molecule has 2 nitrogen and oxygen atoms in total. The molecule has 0 aliphatic rings. The first-order valence-electron chi connectivity index (χ1n) is 14.5. The van der Waals surface area contributed by atoms with Gasteiger partial charge in [0.05, 0.1) is 0 Å². The van der Waals surface area contributed by atoms with Crippen molar-refractivity contribution >= 4 is 50.1 Å². The summed E-state index contributed by atoms with van der Waals surface area (Å²) < 4.78 is 1.09. The van der Waals surface area contributed by atoms with Crippen molar-refractivity contribution in [2.24, 2.45) is 0 Å². The molecule has 6 rings (SSSR count). The van der Waals surface area contributed by atoms with Crippen LogP contribution in [0.3, 0.4) is 0 Å². The van der Waals surface area contributed by atoms with Gasteiger partial charge in [0.15, 0.2) is 0 Å². The third kappa shape index (κ3) is 7.82. The lowest BCUT2D eigenvalue weighted by Crippen LogP contribution is -2.09. The Balaban J connectivity index is 0.000000171. The first-order valence-corrected chi connectivity index (χ1v) is 15.3. The van der Waals surface area contributed by atoms with Crippen LogP contribution < -0.4 is 9.80 Å². The lowest BCUT2D eigenvalue weighted by molar-refractivity contribution is 1.27. The highest BCUT2D eigenvalue weighted by atomic mass is 79.9. The van der Waals surface area contributed by atoms with Crippen molar-refractivity contribution in [3.05, 3.63) is 178 Å². The Kier molecular flexibility index (Phi) is 9.76. The molecule has 0 saturated heterocycles. The van der Waals surface area contributed by atoms with Gasteiger partial charge in [-0.15, -0.1) is 0 Å². The lowest BCUT2D eigenvalue weighted by Gasteiger charge is -2.25. The van der Waals surface area contributed by atoms with Crippen LogP contribution in [0.2, 0.25) is 0 Å². The molecule has 6 aromatic rings. The van der Waals surface area contributed by atoms with Gasteiger partial charge in [-0.25, -0.2) is 0 Å². The molecule has 6 aromatic carbocycles. The average molecular weight is 626 g/mol. The number of halogens is 1. The van der Waals surface area contributed by atoms with Crippen LogP contribution in [0.4, 0.5) is 34.1 Å². The van der Waals surface area contributed by atoms with Crippen molar-refractivity contribution in [2.75, 3.05) is 9.80 Å². The largest absolute Gasteiger partial charge is 0.311 e. The van der Waals surface area contributed by atoms with Gasteiger partial charge >= 0.3 is 0 Å². The van der Waals surface area contributed by atoms with Crippen LogP contribution in [0.5, 0.6) is 0 Å². The maximum absolute atomic E-state index is 3.51. The van der Waals surface area contributed by atoms with Crippen LogP contribution in [-0.2, 0) is 0 Å². The molecule has 0 bridgehead atoms. The molecular weight excluding hydrogens is 588 g/mol. The van der Waals surface area contributed by atoms with Crippen LogP contribution in [0.1, 0.15) is 22.3 Å². The molecule has 3 heteroatoms. The predicted octanol–water partition coefficient (Wildman–Crippen LogP) is 12.3. The number of anilines is 6. The normalized spacial score (nSPS) is 10.4. The first kappa shape index (κ1) is 29.9. The van der Waals surface area contributed by atoms with Crippen molar-refractivity contribution < 1.29 is 0 Å². The summed E-state index contributed by atoms with van der Waals surface area (Å²) >= 11 is 3.51. The summed E-state index contributed by atoms with van der Waals surface area (Å²) in [5.74, 6) is 0. The third-order valence-electron chi connectivity index (χ3n) is 7.27. The van der Waals surface area contributed by atoms with Gasteiger partial charge < -0.3 is 9.80 Å². The molecule has 0 atom stereocenters. The van der Waals surface area contributed by atoms with Crippen LogP contribution in [0, 0.1) is 27.7 Å². The monoisotopic (exact) mass is 624 g/mol. The van der Waals surface area contributed by atoms with Crippen molar-refractivity contribution in [1.82, 2.24) is 0 Å². The second-order valence-electron chi connectivity index (χ2n) is 10.8. The van der Waals surface area contributed by atoms with Crippen molar-refractivity contribution in [1.29, 1.82) is 0 Å². The summed E-state index contributed by atoms with van der Waals surface area (Å²) in [5.41, 5.74) is 12.1. The highest BCUT2D eigenvalue weighted by molar-refractivity contribution is 9.10. The third-order valence-corrected chi connectivity index (χ3v) is 7.80. The van der Waals surface area contributed by atoms with Crippen molar-refractivity contribution in [3.63, 3.8) is 0 Å². The van der Waals surface area contributed by atoms with E-state index in [9.17, 15) is 0 Å². The molecule has 0 fully saturated rings. The number of benzene rings is 6. The molecule has 0 aromatic heterocycles. The molecule has 0 spiro atoms. The van der Waals surface area contributed by atoms with E-state index in [4.69, 9.17) is 0 Å². The van der Waals surface area contributed by atoms with Crippen LogP contribution >= 0.6 is 15.9 Å². The summed E-state index contributed by atoms with van der Waals surface area (Å²) in [7, 11) is 0. The van der Waals surface area contributed by atoms with Gasteiger partial charge in [-0.05, 0) is 113 Å². The van der Waals surface area contributed by atoms with E-state index in [-0.39, 0.29) is 0 Å². The Morgan fingerprint density at radius 2 is 0.535 bits per heavy atom. The summed E-state index contributed by atoms with van der Waals surface area (Å²) in [6.45, 7) is 8.45. The SMILES string of the molecule is Cc1ccc(N(c2ccc(C)cc2)c2ccc(Br)cc2)cc1.Cc1ccc(N(c2ccccc2)c2ccc(C)cc2)cc1. The highest BCUT2D eigenvalue weighted by Gasteiger charge is 2.13. The van der Waals surface area contributed by atoms with Crippen molar-refractivity contribution in [3.8, 4) is 0 Å². The minimum Gasteiger partial charge on any atom is -0.311 e. The van der Waals surface area contributed by atoms with Gasteiger partial charge in [0, 0.05) is 38.6 Å². The number of aryl methyl sites for hydroxylation is 4. The van der Waals surface area contributed by atoms with Gasteiger partial charge in [0.25, 0.3) is 0 Å². The maximum Gasteiger partial charge on any atom is 0.0462 e. The van der Waals surface area contributed by atoms with E-state index in [0.29, 0.717) is 0 Å². The zero-order valence-electron chi connectivity index (χ0n) is 25.2. The number of hydrogen-bond donors (Lipinski definition) is 0. The van der Waals surface area contributed by atoms with Gasteiger partial charge in [-0.3, -0.25) is 0 Å². The topological polar surface area (TPSA) is 6.48 Å². The quantitative estimate of drug-likeness (QED) is 0.182. The molecule has 0 radical (unpaired) electrons. The Morgan fingerprint density at radius 3 is 0.814 bits per heavy atom. The predicted molar refractivity (Wildman–Crippen MR) is 189 cm³/mol. The molecular formula is C40H37BrN2. The maximum atomic E-state index is 3.51. The summed E-state index contributed by atoms with van der Waals surface area (Å²) in [4.78, 5) is 4.55. The Morgan fingerprint density at radius 1 is 0.302 bits per heavy atom. The molecule has 43 heavy (non-hydrogen) atoms. The molecule has 0 aliphatic heterocycles. The van der Waals surface area contributed by atoms with Gasteiger partial charge in [0.2, 0.25) is 0 Å². The highest BCUT2D eigenvalue weighted by Crippen LogP contribution is 2.36. The van der Waals surface area contributed by atoms with E-state index in [1.807, 2.05) is 6.07 Å². The molecule has 0 saturated carbocycles. The number of rotatable bonds is 6. The molecule has 214 valence electrons. The van der Waals surface area contributed by atoms with Gasteiger partial charge in [0.1, 0.15) is 0 Å². The minimum atomic E-state index is 1.09. The van der Waals surface area contributed by atoms with Gasteiger partial charge in [-0.2, -0.15) is 0 Å². The fraction of sp³-hybridized carbons (Fsp3) is 0.100. The summed E-state index contributed by atoms with van der Waals surface area (Å²) in [6.07, 6.45) is 0. The van der Waals surface area contributed by atoms with Crippen LogP contribution in [0.15, 0.2) is 156 Å². The molecule has 0 heterocycles. The van der Waals surface area contributed by atoms with E-state index in [1.165, 1.54) is 39.3 Å².